The van der Waals surface area contributed by atoms with Crippen molar-refractivity contribution >= 4 is 65.6 Å². The lowest BCUT2D eigenvalue weighted by atomic mass is 9.97. The van der Waals surface area contributed by atoms with Gasteiger partial charge in [-0.1, -0.05) is 152 Å². The summed E-state index contributed by atoms with van der Waals surface area (Å²) in [4.78, 5) is 10.6. The van der Waals surface area contributed by atoms with E-state index in [1.165, 1.54) is 32.6 Å². The Labute approximate surface area is 362 Å². The van der Waals surface area contributed by atoms with E-state index in [9.17, 15) is 0 Å². The van der Waals surface area contributed by atoms with Crippen LogP contribution in [0.4, 0.5) is 0 Å². The van der Waals surface area contributed by atoms with E-state index in [1.807, 2.05) is 18.2 Å². The number of nitrogens with zero attached hydrogens (tertiary/aromatic N) is 4. The molecule has 0 saturated heterocycles. The average molecular weight is 805 g/mol. The Morgan fingerprint density at radius 3 is 1.59 bits per heavy atom. The zero-order valence-corrected chi connectivity index (χ0v) is 34.0. The van der Waals surface area contributed by atoms with Gasteiger partial charge in [0.25, 0.3) is 0 Å². The summed E-state index contributed by atoms with van der Waals surface area (Å²) in [6.45, 7) is 0. The van der Waals surface area contributed by atoms with Gasteiger partial charge >= 0.3 is 0 Å². The predicted molar refractivity (Wildman–Crippen MR) is 260 cm³/mol. The SMILES string of the molecule is c1ccc(-c2cc(-c3nc(-c4ccccc4)cc(-c4ccccc4)n3)c3c(c2)oc2cc(-n4c5ccccc5c5c4ccc4c6ccccc6n(-c6ccccc6)c45)ccc23)cc1. The molecule has 13 rings (SSSR count). The van der Waals surface area contributed by atoms with Crippen LogP contribution in [0, 0.1) is 0 Å². The average Bonchev–Trinajstić information content (AvgIpc) is 4.02. The molecule has 4 heterocycles. The molecule has 0 aliphatic heterocycles. The van der Waals surface area contributed by atoms with E-state index < -0.39 is 0 Å². The van der Waals surface area contributed by atoms with Crippen molar-refractivity contribution in [2.24, 2.45) is 0 Å². The maximum Gasteiger partial charge on any atom is 0.161 e. The summed E-state index contributed by atoms with van der Waals surface area (Å²) < 4.78 is 11.8. The van der Waals surface area contributed by atoms with E-state index in [0.29, 0.717) is 5.82 Å². The summed E-state index contributed by atoms with van der Waals surface area (Å²) in [5.41, 5.74) is 15.2. The largest absolute Gasteiger partial charge is 0.456 e. The third-order valence-electron chi connectivity index (χ3n) is 12.5. The molecule has 0 amide bonds. The zero-order valence-electron chi connectivity index (χ0n) is 34.0. The second-order valence-corrected chi connectivity index (χ2v) is 16.1. The molecule has 294 valence electrons. The van der Waals surface area contributed by atoms with E-state index in [1.54, 1.807) is 0 Å². The minimum absolute atomic E-state index is 0.644. The zero-order chi connectivity index (χ0) is 41.4. The Bertz CT molecular complexity index is 3830. The van der Waals surface area contributed by atoms with Gasteiger partial charge in [0, 0.05) is 66.4 Å². The lowest BCUT2D eigenvalue weighted by Crippen LogP contribution is -1.97. The second kappa shape index (κ2) is 14.0. The van der Waals surface area contributed by atoms with Crippen LogP contribution in [0.5, 0.6) is 0 Å². The van der Waals surface area contributed by atoms with Gasteiger partial charge in [-0.25, -0.2) is 9.97 Å². The van der Waals surface area contributed by atoms with Crippen molar-refractivity contribution < 1.29 is 4.42 Å². The molecule has 0 atom stereocenters. The number of fused-ring (bicyclic) bond motifs is 10. The van der Waals surface area contributed by atoms with Crippen molar-refractivity contribution in [2.75, 3.05) is 0 Å². The van der Waals surface area contributed by atoms with E-state index in [4.69, 9.17) is 14.4 Å². The molecule has 0 saturated carbocycles. The van der Waals surface area contributed by atoms with Gasteiger partial charge in [0.2, 0.25) is 0 Å². The first kappa shape index (κ1) is 35.2. The Morgan fingerprint density at radius 1 is 0.333 bits per heavy atom. The van der Waals surface area contributed by atoms with Crippen LogP contribution in [0.3, 0.4) is 0 Å². The fourth-order valence-electron chi connectivity index (χ4n) is 9.72. The molecule has 0 N–H and O–H groups in total. The Hall–Kier alpha value is -8.54. The minimum Gasteiger partial charge on any atom is -0.456 e. The monoisotopic (exact) mass is 804 g/mol. The number of benzene rings is 9. The highest BCUT2D eigenvalue weighted by molar-refractivity contribution is 6.26. The molecular weight excluding hydrogens is 769 g/mol. The predicted octanol–water partition coefficient (Wildman–Crippen LogP) is 15.2. The van der Waals surface area contributed by atoms with Crippen LogP contribution in [0.2, 0.25) is 0 Å². The van der Waals surface area contributed by atoms with E-state index >= 15 is 0 Å². The van der Waals surface area contributed by atoms with Crippen molar-refractivity contribution in [3.8, 4) is 56.4 Å². The number of rotatable bonds is 6. The summed E-state index contributed by atoms with van der Waals surface area (Å²) in [6, 6.07) is 77.0. The lowest BCUT2D eigenvalue weighted by molar-refractivity contribution is 0.669. The molecular formula is C58H36N4O. The third kappa shape index (κ3) is 5.57. The number of furan rings is 1. The van der Waals surface area contributed by atoms with Crippen LogP contribution >= 0.6 is 0 Å². The first-order valence-electron chi connectivity index (χ1n) is 21.3. The molecule has 4 aromatic heterocycles. The fraction of sp³-hybridized carbons (Fsp3) is 0. The Morgan fingerprint density at radius 2 is 0.905 bits per heavy atom. The Balaban J connectivity index is 1.07. The van der Waals surface area contributed by atoms with Crippen LogP contribution in [0.15, 0.2) is 223 Å². The van der Waals surface area contributed by atoms with Gasteiger partial charge in [-0.05, 0) is 71.8 Å². The molecule has 5 heteroatoms. The molecule has 0 aliphatic carbocycles. The smallest absolute Gasteiger partial charge is 0.161 e. The summed E-state index contributed by atoms with van der Waals surface area (Å²) >= 11 is 0. The van der Waals surface area contributed by atoms with Gasteiger partial charge in [0.05, 0.1) is 33.5 Å². The van der Waals surface area contributed by atoms with Crippen LogP contribution in [0.1, 0.15) is 0 Å². The first-order valence-corrected chi connectivity index (χ1v) is 21.3. The molecule has 0 spiro atoms. The van der Waals surface area contributed by atoms with Gasteiger partial charge in [-0.2, -0.15) is 0 Å². The molecule has 0 radical (unpaired) electrons. The topological polar surface area (TPSA) is 48.8 Å². The van der Waals surface area contributed by atoms with Gasteiger partial charge in [0.15, 0.2) is 5.82 Å². The van der Waals surface area contributed by atoms with Crippen molar-refractivity contribution in [1.82, 2.24) is 19.1 Å². The van der Waals surface area contributed by atoms with Gasteiger partial charge in [-0.3, -0.25) is 0 Å². The van der Waals surface area contributed by atoms with Crippen LogP contribution in [-0.2, 0) is 0 Å². The van der Waals surface area contributed by atoms with E-state index in [0.717, 1.165) is 83.6 Å². The molecule has 9 aromatic carbocycles. The van der Waals surface area contributed by atoms with Crippen molar-refractivity contribution in [3.05, 3.63) is 218 Å². The van der Waals surface area contributed by atoms with Crippen LogP contribution in [0.25, 0.3) is 122 Å². The van der Waals surface area contributed by atoms with Crippen molar-refractivity contribution in [1.29, 1.82) is 0 Å². The summed E-state index contributed by atoms with van der Waals surface area (Å²) in [7, 11) is 0. The van der Waals surface area contributed by atoms with Crippen molar-refractivity contribution in [3.63, 3.8) is 0 Å². The summed E-state index contributed by atoms with van der Waals surface area (Å²) in [6.07, 6.45) is 0. The lowest BCUT2D eigenvalue weighted by Gasteiger charge is -2.12. The molecule has 0 bridgehead atoms. The molecule has 63 heavy (non-hydrogen) atoms. The van der Waals surface area contributed by atoms with Gasteiger partial charge < -0.3 is 13.6 Å². The fourth-order valence-corrected chi connectivity index (χ4v) is 9.72. The highest BCUT2D eigenvalue weighted by atomic mass is 16.3. The highest BCUT2D eigenvalue weighted by Crippen LogP contribution is 2.44. The first-order chi connectivity index (χ1) is 31.2. The van der Waals surface area contributed by atoms with Crippen LogP contribution in [-0.4, -0.2) is 19.1 Å². The Kier molecular flexibility index (Phi) is 7.84. The highest BCUT2D eigenvalue weighted by Gasteiger charge is 2.23. The molecule has 13 aromatic rings. The van der Waals surface area contributed by atoms with E-state index in [2.05, 4.69) is 209 Å². The van der Waals surface area contributed by atoms with Gasteiger partial charge in [0.1, 0.15) is 11.2 Å². The number of aromatic nitrogens is 4. The molecule has 0 unspecified atom stereocenters. The molecule has 0 aliphatic rings. The number of hydrogen-bond acceptors (Lipinski definition) is 3. The maximum atomic E-state index is 6.98. The van der Waals surface area contributed by atoms with Crippen LogP contribution < -0.4 is 0 Å². The second-order valence-electron chi connectivity index (χ2n) is 16.1. The standard InChI is InChI=1S/C58H36N4O/c1-5-17-37(18-6-1)40-33-47(58-59-48(38-19-7-2-8-20-38)36-49(60-58)39-21-9-3-10-22-39)55-46-30-29-42(35-53(46)63-54(55)34-40)61-51-28-16-14-26-45(51)56-52(61)32-31-44-43-25-13-15-27-50(43)62(57(44)56)41-23-11-4-12-24-41/h1-36H. The third-order valence-corrected chi connectivity index (χ3v) is 12.5. The molecule has 5 nitrogen and oxygen atoms in total. The normalized spacial score (nSPS) is 11.8. The number of para-hydroxylation sites is 3. The summed E-state index contributed by atoms with van der Waals surface area (Å²) in [5, 5.41) is 6.86. The van der Waals surface area contributed by atoms with Gasteiger partial charge in [-0.15, -0.1) is 0 Å². The minimum atomic E-state index is 0.644. The maximum absolute atomic E-state index is 6.98. The van der Waals surface area contributed by atoms with Crippen molar-refractivity contribution in [2.45, 2.75) is 0 Å². The summed E-state index contributed by atoms with van der Waals surface area (Å²) in [5.74, 6) is 0.644. The molecule has 0 fully saturated rings. The quantitative estimate of drug-likeness (QED) is 0.168. The number of hydrogen-bond donors (Lipinski definition) is 0. The van der Waals surface area contributed by atoms with E-state index in [-0.39, 0.29) is 0 Å².